The van der Waals surface area contributed by atoms with Crippen molar-refractivity contribution < 1.29 is 37.8 Å². The number of carbonyl (C=O) groups excluding carboxylic acids is 5. The highest BCUT2D eigenvalue weighted by molar-refractivity contribution is 6.31. The molecule has 1 aromatic heterocycles. The van der Waals surface area contributed by atoms with Crippen molar-refractivity contribution in [1.29, 1.82) is 5.26 Å². The minimum absolute atomic E-state index is 0.0550. The average molecular weight is 814 g/mol. The van der Waals surface area contributed by atoms with E-state index in [2.05, 4.69) is 20.5 Å². The van der Waals surface area contributed by atoms with E-state index in [4.69, 9.17) is 21.1 Å². The summed E-state index contributed by atoms with van der Waals surface area (Å²) in [4.78, 5) is 73.0. The van der Waals surface area contributed by atoms with Gasteiger partial charge in [-0.05, 0) is 56.1 Å². The van der Waals surface area contributed by atoms with Crippen molar-refractivity contribution in [2.24, 2.45) is 10.8 Å². The highest BCUT2D eigenvalue weighted by atomic mass is 35.5. The second kappa shape index (κ2) is 16.0. The quantitative estimate of drug-likeness (QED) is 0.191. The number of nitrogens with one attached hydrogen (secondary N) is 2. The zero-order valence-electron chi connectivity index (χ0n) is 32.8. The summed E-state index contributed by atoms with van der Waals surface area (Å²) in [6.07, 6.45) is 2.74. The Balaban J connectivity index is 0.843. The zero-order chi connectivity index (χ0) is 41.5. The number of pyridine rings is 1. The first kappa shape index (κ1) is 40.6. The van der Waals surface area contributed by atoms with E-state index in [1.165, 1.54) is 24.4 Å². The molecule has 2 N–H and O–H groups in total. The molecule has 1 aliphatic carbocycles. The van der Waals surface area contributed by atoms with E-state index in [0.717, 1.165) is 37.4 Å². The van der Waals surface area contributed by atoms with E-state index in [1.807, 2.05) is 38.7 Å². The highest BCUT2D eigenvalue weighted by Gasteiger charge is 2.64. The van der Waals surface area contributed by atoms with Crippen LogP contribution in [0.1, 0.15) is 90.0 Å². The molecule has 3 aliphatic heterocycles. The van der Waals surface area contributed by atoms with Gasteiger partial charge in [-0.3, -0.25) is 39.1 Å². The zero-order valence-corrected chi connectivity index (χ0v) is 33.5. The Morgan fingerprint density at radius 1 is 0.983 bits per heavy atom. The maximum absolute atomic E-state index is 15.5. The molecular weight excluding hydrogens is 769 g/mol. The number of piperazine rings is 1. The number of ether oxygens (including phenoxy) is 2. The number of hydrogen-bond donors (Lipinski definition) is 2. The number of benzene rings is 2. The van der Waals surface area contributed by atoms with Crippen LogP contribution in [0.4, 0.5) is 10.2 Å². The van der Waals surface area contributed by atoms with Crippen LogP contribution in [-0.2, 0) is 9.59 Å². The van der Waals surface area contributed by atoms with Crippen LogP contribution in [0.15, 0.2) is 48.7 Å². The number of unbranched alkanes of at least 4 members (excludes halogenated alkanes) is 1. The van der Waals surface area contributed by atoms with Crippen LogP contribution in [0, 0.1) is 28.0 Å². The Labute approximate surface area is 340 Å². The molecule has 3 fully saturated rings. The summed E-state index contributed by atoms with van der Waals surface area (Å²) >= 11 is 6.21. The fourth-order valence-corrected chi connectivity index (χ4v) is 9.15. The number of imide groups is 2. The van der Waals surface area contributed by atoms with Gasteiger partial charge in [0.1, 0.15) is 41.3 Å². The smallest absolute Gasteiger partial charge is 0.262 e. The van der Waals surface area contributed by atoms with E-state index < -0.39 is 52.2 Å². The van der Waals surface area contributed by atoms with E-state index in [0.29, 0.717) is 47.6 Å². The first-order chi connectivity index (χ1) is 27.6. The molecule has 2 aromatic carbocycles. The molecule has 5 amide bonds. The molecule has 1 atom stereocenters. The summed E-state index contributed by atoms with van der Waals surface area (Å²) < 4.78 is 27.7. The summed E-state index contributed by atoms with van der Waals surface area (Å²) in [6.45, 7) is 11.9. The first-order valence-electron chi connectivity index (χ1n) is 19.4. The van der Waals surface area contributed by atoms with Crippen molar-refractivity contribution in [3.8, 4) is 17.6 Å². The third kappa shape index (κ3) is 7.70. The van der Waals surface area contributed by atoms with Gasteiger partial charge in [0.2, 0.25) is 11.8 Å². The van der Waals surface area contributed by atoms with E-state index in [9.17, 15) is 29.2 Å². The molecule has 304 valence electrons. The Kier molecular flexibility index (Phi) is 11.2. The number of nitrogens with zero attached hydrogens (tertiary/aromatic N) is 5. The molecule has 0 bridgehead atoms. The van der Waals surface area contributed by atoms with E-state index >= 15 is 4.39 Å². The number of aromatic nitrogens is 1. The summed E-state index contributed by atoms with van der Waals surface area (Å²) in [5.74, 6) is -1.98. The van der Waals surface area contributed by atoms with E-state index in [-0.39, 0.29) is 41.7 Å². The van der Waals surface area contributed by atoms with Crippen molar-refractivity contribution in [1.82, 2.24) is 25.4 Å². The fraction of sp³-hybridized carbons (Fsp3) is 0.452. The topological polar surface area (TPSA) is 174 Å². The number of piperidine rings is 1. The second-order valence-corrected chi connectivity index (χ2v) is 16.8. The predicted octanol–water partition coefficient (Wildman–Crippen LogP) is 4.74. The normalized spacial score (nSPS) is 22.5. The van der Waals surface area contributed by atoms with Crippen LogP contribution in [0.5, 0.6) is 11.5 Å². The predicted molar refractivity (Wildman–Crippen MR) is 210 cm³/mol. The number of halogens is 2. The molecule has 58 heavy (non-hydrogen) atoms. The average Bonchev–Trinajstić information content (AvgIpc) is 3.43. The fourth-order valence-electron chi connectivity index (χ4n) is 8.93. The Bertz CT molecular complexity index is 2200. The molecule has 1 unspecified atom stereocenters. The van der Waals surface area contributed by atoms with Gasteiger partial charge in [0, 0.05) is 67.8 Å². The number of fused-ring (bicyclic) bond motifs is 1. The largest absolute Gasteiger partial charge is 0.494 e. The summed E-state index contributed by atoms with van der Waals surface area (Å²) in [7, 11) is 0. The SMILES string of the molecule is CC1(C)[C@H](NC(=O)c2cnc(N3CCN(CCCCOc4ccc5c(c4)C(=O)N(C4CCC(=O)NC4=O)C5=O)CC3)cc2F)C(C)(C)[C@H]1Oc1ccc(C#N)c(Cl)c1. The van der Waals surface area contributed by atoms with Gasteiger partial charge in [-0.1, -0.05) is 39.3 Å². The third-order valence-electron chi connectivity index (χ3n) is 11.8. The van der Waals surface area contributed by atoms with Gasteiger partial charge in [0.05, 0.1) is 33.9 Å². The Morgan fingerprint density at radius 2 is 1.69 bits per heavy atom. The van der Waals surface area contributed by atoms with Gasteiger partial charge in [-0.25, -0.2) is 9.37 Å². The van der Waals surface area contributed by atoms with Crippen LogP contribution in [0.25, 0.3) is 0 Å². The molecule has 3 aromatic rings. The standard InChI is InChI=1S/C42H45ClFN7O7/c1-41(2)39(42(3,4)40(41)58-26-8-7-24(22-45)30(43)20-26)48-35(53)29-23-46-33(21-31(29)44)50-16-14-49(15-17-50)13-5-6-18-57-25-9-10-27-28(19-25)38(56)51(37(27)55)32-11-12-34(52)47-36(32)54/h7-10,19-21,23,32,39-40H,5-6,11-18H2,1-4H3,(H,48,53)(H,47,52,54)/t32?,39-,40-. The monoisotopic (exact) mass is 813 g/mol. The van der Waals surface area contributed by atoms with Crippen LogP contribution in [-0.4, -0.2) is 102 Å². The Hall–Kier alpha value is -5.59. The highest BCUT2D eigenvalue weighted by Crippen LogP contribution is 2.55. The molecule has 14 nitrogen and oxygen atoms in total. The first-order valence-corrected chi connectivity index (χ1v) is 19.8. The minimum Gasteiger partial charge on any atom is -0.494 e. The maximum Gasteiger partial charge on any atom is 0.262 e. The van der Waals surface area contributed by atoms with Crippen molar-refractivity contribution in [2.45, 2.75) is 71.6 Å². The van der Waals surface area contributed by atoms with Gasteiger partial charge in [-0.15, -0.1) is 0 Å². The lowest BCUT2D eigenvalue weighted by Crippen LogP contribution is -2.74. The molecule has 0 radical (unpaired) electrons. The Morgan fingerprint density at radius 3 is 2.36 bits per heavy atom. The molecule has 1 saturated carbocycles. The number of hydrogen-bond acceptors (Lipinski definition) is 11. The lowest BCUT2D eigenvalue weighted by molar-refractivity contribution is -0.164. The van der Waals surface area contributed by atoms with E-state index in [1.54, 1.807) is 24.3 Å². The lowest BCUT2D eigenvalue weighted by Gasteiger charge is -2.63. The number of anilines is 1. The van der Waals surface area contributed by atoms with Crippen molar-refractivity contribution in [3.05, 3.63) is 81.8 Å². The second-order valence-electron chi connectivity index (χ2n) is 16.4. The van der Waals surface area contributed by atoms with Gasteiger partial charge < -0.3 is 19.7 Å². The molecule has 16 heteroatoms. The number of rotatable bonds is 12. The number of carbonyl (C=O) groups is 5. The third-order valence-corrected chi connectivity index (χ3v) is 12.1. The molecule has 4 aliphatic rings. The van der Waals surface area contributed by atoms with Gasteiger partial charge in [0.25, 0.3) is 17.7 Å². The van der Waals surface area contributed by atoms with Gasteiger partial charge in [0.15, 0.2) is 0 Å². The molecule has 2 saturated heterocycles. The van der Waals surface area contributed by atoms with Crippen LogP contribution in [0.2, 0.25) is 5.02 Å². The van der Waals surface area contributed by atoms with Crippen molar-refractivity contribution in [3.63, 3.8) is 0 Å². The van der Waals surface area contributed by atoms with Crippen LogP contribution in [0.3, 0.4) is 0 Å². The molecule has 7 rings (SSSR count). The van der Waals surface area contributed by atoms with Crippen molar-refractivity contribution in [2.75, 3.05) is 44.2 Å². The molecule has 4 heterocycles. The van der Waals surface area contributed by atoms with Gasteiger partial charge >= 0.3 is 0 Å². The van der Waals surface area contributed by atoms with Crippen LogP contribution >= 0.6 is 11.6 Å². The summed E-state index contributed by atoms with van der Waals surface area (Å²) in [5.41, 5.74) is -0.415. The molecular formula is C42H45ClFN7O7. The van der Waals surface area contributed by atoms with Crippen LogP contribution < -0.4 is 25.0 Å². The van der Waals surface area contributed by atoms with Crippen molar-refractivity contribution >= 4 is 47.0 Å². The summed E-state index contributed by atoms with van der Waals surface area (Å²) in [5, 5.41) is 14.7. The van der Waals surface area contributed by atoms with Gasteiger partial charge in [-0.2, -0.15) is 5.26 Å². The number of nitriles is 1. The maximum atomic E-state index is 15.5. The molecule has 0 spiro atoms. The lowest BCUT2D eigenvalue weighted by atomic mass is 9.49. The number of amides is 5. The summed E-state index contributed by atoms with van der Waals surface area (Å²) in [6, 6.07) is 11.6. The minimum atomic E-state index is -1.02.